The number of carbonyl (C=O) groups excluding carboxylic acids is 1. The molecule has 220 valence electrons. The molecule has 0 heterocycles. The van der Waals surface area contributed by atoms with Gasteiger partial charge < -0.3 is 19.7 Å². The molecule has 0 saturated heterocycles. The van der Waals surface area contributed by atoms with Crippen LogP contribution in [0.5, 0.6) is 5.75 Å². The van der Waals surface area contributed by atoms with Crippen molar-refractivity contribution in [3.63, 3.8) is 0 Å². The normalized spacial score (nSPS) is 11.4. The highest BCUT2D eigenvalue weighted by Gasteiger charge is 2.28. The standard InChI is InChI=1S/C36H46O5/c1-6-8-18-36(24-37,25-38)19-21-40-34-16-14-31(23-32(34)17-20-41-35(39)26(3)4)33-15-13-30(22-28(33)7-2)29-11-9-27(5)10-12-29/h9-16,22-23,37-38H,3,6-8,17-21,24-25H2,1-2,4-5H3. The quantitative estimate of drug-likeness (QED) is 0.141. The Morgan fingerprint density at radius 2 is 1.51 bits per heavy atom. The summed E-state index contributed by atoms with van der Waals surface area (Å²) in [5.41, 5.74) is 7.87. The number of carbonyl (C=O) groups is 1. The first-order valence-electron chi connectivity index (χ1n) is 14.8. The summed E-state index contributed by atoms with van der Waals surface area (Å²) in [6.45, 7) is 12.1. The Hall–Kier alpha value is -3.41. The molecule has 5 nitrogen and oxygen atoms in total. The van der Waals surface area contributed by atoms with E-state index in [4.69, 9.17) is 9.47 Å². The number of aliphatic hydroxyl groups excluding tert-OH is 2. The van der Waals surface area contributed by atoms with Gasteiger partial charge in [-0.2, -0.15) is 0 Å². The van der Waals surface area contributed by atoms with Gasteiger partial charge in [0.25, 0.3) is 0 Å². The van der Waals surface area contributed by atoms with Gasteiger partial charge in [0.2, 0.25) is 0 Å². The monoisotopic (exact) mass is 558 g/mol. The van der Waals surface area contributed by atoms with E-state index < -0.39 is 11.4 Å². The second-order valence-corrected chi connectivity index (χ2v) is 11.1. The van der Waals surface area contributed by atoms with E-state index in [9.17, 15) is 15.0 Å². The molecule has 3 rings (SSSR count). The number of hydrogen-bond donors (Lipinski definition) is 2. The summed E-state index contributed by atoms with van der Waals surface area (Å²) in [6.07, 6.45) is 4.63. The maximum Gasteiger partial charge on any atom is 0.333 e. The van der Waals surface area contributed by atoms with Crippen LogP contribution in [0.15, 0.2) is 72.8 Å². The maximum atomic E-state index is 12.0. The second kappa shape index (κ2) is 15.6. The van der Waals surface area contributed by atoms with Crippen molar-refractivity contribution >= 4 is 5.97 Å². The van der Waals surface area contributed by atoms with Crippen molar-refractivity contribution < 1.29 is 24.5 Å². The summed E-state index contributed by atoms with van der Waals surface area (Å²) in [6, 6.07) is 21.4. The molecule has 0 fully saturated rings. The van der Waals surface area contributed by atoms with Gasteiger partial charge in [-0.15, -0.1) is 0 Å². The van der Waals surface area contributed by atoms with Crippen LogP contribution in [0.4, 0.5) is 0 Å². The molecule has 0 unspecified atom stereocenters. The van der Waals surface area contributed by atoms with Gasteiger partial charge in [0.05, 0.1) is 26.4 Å². The molecule has 0 bridgehead atoms. The van der Waals surface area contributed by atoms with E-state index in [2.05, 4.69) is 81.9 Å². The molecule has 2 N–H and O–H groups in total. The molecule has 0 aromatic heterocycles. The Kier molecular flexibility index (Phi) is 12.2. The molecule has 0 atom stereocenters. The topological polar surface area (TPSA) is 76.0 Å². The number of ether oxygens (including phenoxy) is 2. The predicted molar refractivity (Wildman–Crippen MR) is 167 cm³/mol. The molecule has 0 saturated carbocycles. The largest absolute Gasteiger partial charge is 0.493 e. The van der Waals surface area contributed by atoms with Crippen LogP contribution in [0.25, 0.3) is 22.3 Å². The summed E-state index contributed by atoms with van der Waals surface area (Å²) in [7, 11) is 0. The molecule has 0 spiro atoms. The van der Waals surface area contributed by atoms with Crippen molar-refractivity contribution in [3.8, 4) is 28.0 Å². The van der Waals surface area contributed by atoms with Gasteiger partial charge in [0, 0.05) is 17.4 Å². The molecule has 0 amide bonds. The number of benzene rings is 3. The van der Waals surface area contributed by atoms with E-state index in [0.29, 0.717) is 25.0 Å². The predicted octanol–water partition coefficient (Wildman–Crippen LogP) is 7.48. The van der Waals surface area contributed by atoms with E-state index in [1.165, 1.54) is 22.3 Å². The highest BCUT2D eigenvalue weighted by molar-refractivity contribution is 5.86. The lowest BCUT2D eigenvalue weighted by atomic mass is 9.81. The second-order valence-electron chi connectivity index (χ2n) is 11.1. The van der Waals surface area contributed by atoms with Gasteiger partial charge >= 0.3 is 5.97 Å². The molecule has 0 radical (unpaired) electrons. The van der Waals surface area contributed by atoms with Crippen molar-refractivity contribution in [1.29, 1.82) is 0 Å². The number of aliphatic hydroxyl groups is 2. The van der Waals surface area contributed by atoms with Crippen molar-refractivity contribution in [3.05, 3.63) is 89.5 Å². The zero-order valence-electron chi connectivity index (χ0n) is 25.2. The molecular formula is C36H46O5. The molecule has 0 aliphatic rings. The van der Waals surface area contributed by atoms with E-state index in [-0.39, 0.29) is 19.8 Å². The van der Waals surface area contributed by atoms with Crippen LogP contribution in [0, 0.1) is 12.3 Å². The van der Waals surface area contributed by atoms with Crippen molar-refractivity contribution in [2.75, 3.05) is 26.4 Å². The Morgan fingerprint density at radius 1 is 0.854 bits per heavy atom. The number of unbranched alkanes of at least 4 members (excludes halogenated alkanes) is 1. The van der Waals surface area contributed by atoms with Gasteiger partial charge in [-0.25, -0.2) is 4.79 Å². The lowest BCUT2D eigenvalue weighted by molar-refractivity contribution is -0.138. The number of hydrogen-bond acceptors (Lipinski definition) is 5. The third-order valence-electron chi connectivity index (χ3n) is 7.82. The van der Waals surface area contributed by atoms with Crippen LogP contribution >= 0.6 is 0 Å². The van der Waals surface area contributed by atoms with E-state index in [1.54, 1.807) is 6.92 Å². The fourth-order valence-electron chi connectivity index (χ4n) is 4.97. The lowest BCUT2D eigenvalue weighted by Crippen LogP contribution is -2.32. The van der Waals surface area contributed by atoms with Crippen LogP contribution < -0.4 is 4.74 Å². The number of aryl methyl sites for hydroxylation is 2. The minimum Gasteiger partial charge on any atom is -0.493 e. The first-order chi connectivity index (χ1) is 19.8. The van der Waals surface area contributed by atoms with Gasteiger partial charge in [-0.1, -0.05) is 87.4 Å². The molecule has 3 aromatic rings. The highest BCUT2D eigenvalue weighted by atomic mass is 16.5. The van der Waals surface area contributed by atoms with E-state index in [0.717, 1.165) is 48.1 Å². The van der Waals surface area contributed by atoms with E-state index in [1.807, 2.05) is 6.07 Å². The zero-order chi connectivity index (χ0) is 29.8. The molecular weight excluding hydrogens is 512 g/mol. The number of esters is 1. The summed E-state index contributed by atoms with van der Waals surface area (Å²) in [5, 5.41) is 20.0. The van der Waals surface area contributed by atoms with E-state index >= 15 is 0 Å². The zero-order valence-corrected chi connectivity index (χ0v) is 25.2. The van der Waals surface area contributed by atoms with Crippen LogP contribution in [-0.2, 0) is 22.4 Å². The smallest absolute Gasteiger partial charge is 0.333 e. The number of rotatable bonds is 16. The van der Waals surface area contributed by atoms with Gasteiger partial charge in [-0.05, 0) is 78.6 Å². The SMILES string of the molecule is C=C(C)C(=O)OCCc1cc(-c2ccc(-c3ccc(C)cc3)cc2CC)ccc1OCCC(CO)(CO)CCCC. The third kappa shape index (κ3) is 8.79. The Labute approximate surface area is 245 Å². The Morgan fingerprint density at radius 3 is 2.15 bits per heavy atom. The molecule has 3 aromatic carbocycles. The van der Waals surface area contributed by atoms with Crippen LogP contribution in [0.3, 0.4) is 0 Å². The minimum atomic E-state index is -0.553. The summed E-state index contributed by atoms with van der Waals surface area (Å²) < 4.78 is 11.6. The van der Waals surface area contributed by atoms with Crippen LogP contribution in [0.1, 0.15) is 63.1 Å². The average Bonchev–Trinajstić information content (AvgIpc) is 2.99. The van der Waals surface area contributed by atoms with Gasteiger partial charge in [0.1, 0.15) is 5.75 Å². The Balaban J connectivity index is 1.88. The van der Waals surface area contributed by atoms with Gasteiger partial charge in [0.15, 0.2) is 0 Å². The van der Waals surface area contributed by atoms with Crippen LogP contribution in [0.2, 0.25) is 0 Å². The van der Waals surface area contributed by atoms with Crippen molar-refractivity contribution in [2.45, 2.75) is 66.2 Å². The maximum absolute atomic E-state index is 12.0. The summed E-state index contributed by atoms with van der Waals surface area (Å²) >= 11 is 0. The van der Waals surface area contributed by atoms with Gasteiger partial charge in [-0.3, -0.25) is 0 Å². The molecule has 0 aliphatic carbocycles. The highest BCUT2D eigenvalue weighted by Crippen LogP contribution is 2.34. The third-order valence-corrected chi connectivity index (χ3v) is 7.82. The summed E-state index contributed by atoms with van der Waals surface area (Å²) in [4.78, 5) is 12.0. The molecule has 0 aliphatic heterocycles. The average molecular weight is 559 g/mol. The first kappa shape index (κ1) is 32.1. The summed E-state index contributed by atoms with van der Waals surface area (Å²) in [5.74, 6) is 0.310. The van der Waals surface area contributed by atoms with Crippen molar-refractivity contribution in [2.24, 2.45) is 5.41 Å². The van der Waals surface area contributed by atoms with Crippen molar-refractivity contribution in [1.82, 2.24) is 0 Å². The van der Waals surface area contributed by atoms with Crippen LogP contribution in [-0.4, -0.2) is 42.6 Å². The Bertz CT molecular complexity index is 1290. The fraction of sp³-hybridized carbons (Fsp3) is 0.417. The fourth-order valence-corrected chi connectivity index (χ4v) is 4.97. The molecule has 5 heteroatoms. The lowest BCUT2D eigenvalue weighted by Gasteiger charge is -2.30. The molecule has 41 heavy (non-hydrogen) atoms. The first-order valence-corrected chi connectivity index (χ1v) is 14.8. The minimum absolute atomic E-state index is 0.0755.